The van der Waals surface area contributed by atoms with Gasteiger partial charge in [-0.1, -0.05) is 13.8 Å². The molecule has 0 unspecified atom stereocenters. The average molecular weight is 235 g/mol. The highest BCUT2D eigenvalue weighted by Crippen LogP contribution is 2.17. The molecule has 17 heavy (non-hydrogen) atoms. The number of nitrogens with zero attached hydrogens (tertiary/aromatic N) is 1. The van der Waals surface area contributed by atoms with Crippen LogP contribution in [0.25, 0.3) is 0 Å². The molecule has 1 rings (SSSR count). The van der Waals surface area contributed by atoms with Crippen molar-refractivity contribution >= 4 is 11.4 Å². The maximum absolute atomic E-state index is 5.73. The van der Waals surface area contributed by atoms with Gasteiger partial charge in [-0.15, -0.1) is 0 Å². The number of hydrogen-bond donors (Lipinski definition) is 2. The highest BCUT2D eigenvalue weighted by Gasteiger charge is 2.01. The van der Waals surface area contributed by atoms with Crippen molar-refractivity contribution in [3.05, 3.63) is 23.8 Å². The molecule has 0 bridgehead atoms. The van der Waals surface area contributed by atoms with Crippen molar-refractivity contribution < 1.29 is 0 Å². The van der Waals surface area contributed by atoms with Gasteiger partial charge in [0.25, 0.3) is 0 Å². The summed E-state index contributed by atoms with van der Waals surface area (Å²) in [6.07, 6.45) is 1.22. The van der Waals surface area contributed by atoms with Crippen molar-refractivity contribution in [1.29, 1.82) is 0 Å². The van der Waals surface area contributed by atoms with E-state index in [0.29, 0.717) is 0 Å². The highest BCUT2D eigenvalue weighted by atomic mass is 15.1. The van der Waals surface area contributed by atoms with E-state index < -0.39 is 0 Å². The van der Waals surface area contributed by atoms with E-state index >= 15 is 0 Å². The van der Waals surface area contributed by atoms with Crippen LogP contribution in [0.2, 0.25) is 0 Å². The number of rotatable bonds is 7. The van der Waals surface area contributed by atoms with E-state index in [1.165, 1.54) is 24.2 Å². The summed E-state index contributed by atoms with van der Waals surface area (Å²) in [7, 11) is 0. The number of likely N-dealkylation sites (N-methyl/N-ethyl adjacent to an activating group) is 1. The van der Waals surface area contributed by atoms with E-state index in [2.05, 4.69) is 37.1 Å². The normalized spacial score (nSPS) is 10.8. The predicted octanol–water partition coefficient (Wildman–Crippen LogP) is 2.72. The zero-order valence-electron chi connectivity index (χ0n) is 11.3. The molecule has 3 N–H and O–H groups in total. The van der Waals surface area contributed by atoms with Gasteiger partial charge in [0.15, 0.2) is 0 Å². The molecule has 0 aromatic heterocycles. The molecule has 3 nitrogen and oxygen atoms in total. The van der Waals surface area contributed by atoms with Crippen molar-refractivity contribution in [3.63, 3.8) is 0 Å². The molecule has 0 aliphatic rings. The van der Waals surface area contributed by atoms with Crippen LogP contribution in [-0.4, -0.2) is 31.1 Å². The molecule has 0 amide bonds. The summed E-state index contributed by atoms with van der Waals surface area (Å²) in [6.45, 7) is 10.9. The van der Waals surface area contributed by atoms with Gasteiger partial charge in [-0.2, -0.15) is 0 Å². The zero-order chi connectivity index (χ0) is 12.7. The van der Waals surface area contributed by atoms with Crippen LogP contribution in [0.3, 0.4) is 0 Å². The largest absolute Gasteiger partial charge is 0.399 e. The lowest BCUT2D eigenvalue weighted by molar-refractivity contribution is 0.300. The van der Waals surface area contributed by atoms with E-state index in [1.807, 2.05) is 12.1 Å². The third kappa shape index (κ3) is 4.65. The minimum Gasteiger partial charge on any atom is -0.399 e. The Morgan fingerprint density at radius 2 is 2.00 bits per heavy atom. The fourth-order valence-electron chi connectivity index (χ4n) is 1.98. The monoisotopic (exact) mass is 235 g/mol. The second-order valence-electron chi connectivity index (χ2n) is 4.44. The standard InChI is InChI=1S/C14H25N3/c1-4-9-17(5-2)10-8-16-14-7-6-13(15)11-12(14)3/h6-7,11,16H,4-5,8-10,15H2,1-3H3. The molecule has 0 aliphatic carbocycles. The first-order valence-electron chi connectivity index (χ1n) is 6.49. The molecule has 0 fully saturated rings. The Morgan fingerprint density at radius 1 is 1.24 bits per heavy atom. The van der Waals surface area contributed by atoms with Gasteiger partial charge < -0.3 is 16.0 Å². The van der Waals surface area contributed by atoms with Crippen LogP contribution in [-0.2, 0) is 0 Å². The van der Waals surface area contributed by atoms with E-state index in [-0.39, 0.29) is 0 Å². The minimum absolute atomic E-state index is 0.828. The summed E-state index contributed by atoms with van der Waals surface area (Å²) in [5.41, 5.74) is 8.96. The quantitative estimate of drug-likeness (QED) is 0.714. The fourth-order valence-corrected chi connectivity index (χ4v) is 1.98. The summed E-state index contributed by atoms with van der Waals surface area (Å²) in [5.74, 6) is 0. The Hall–Kier alpha value is -1.22. The number of anilines is 2. The maximum atomic E-state index is 5.73. The highest BCUT2D eigenvalue weighted by molar-refractivity contribution is 5.57. The van der Waals surface area contributed by atoms with Crippen molar-refractivity contribution in [1.82, 2.24) is 4.90 Å². The zero-order valence-corrected chi connectivity index (χ0v) is 11.3. The molecule has 0 spiro atoms. The summed E-state index contributed by atoms with van der Waals surface area (Å²) in [5, 5.41) is 3.47. The van der Waals surface area contributed by atoms with Crippen LogP contribution in [0.15, 0.2) is 18.2 Å². The second-order valence-corrected chi connectivity index (χ2v) is 4.44. The van der Waals surface area contributed by atoms with Gasteiger partial charge in [-0.25, -0.2) is 0 Å². The Kier molecular flexibility index (Phi) is 5.84. The molecule has 3 heteroatoms. The van der Waals surface area contributed by atoms with E-state index in [4.69, 9.17) is 5.73 Å². The summed E-state index contributed by atoms with van der Waals surface area (Å²) in [4.78, 5) is 2.46. The predicted molar refractivity (Wildman–Crippen MR) is 76.5 cm³/mol. The maximum Gasteiger partial charge on any atom is 0.0371 e. The van der Waals surface area contributed by atoms with Crippen molar-refractivity contribution in [2.45, 2.75) is 27.2 Å². The number of benzene rings is 1. The lowest BCUT2D eigenvalue weighted by atomic mass is 10.2. The van der Waals surface area contributed by atoms with Crippen LogP contribution in [0.4, 0.5) is 11.4 Å². The summed E-state index contributed by atoms with van der Waals surface area (Å²) < 4.78 is 0. The van der Waals surface area contributed by atoms with E-state index in [9.17, 15) is 0 Å². The lowest BCUT2D eigenvalue weighted by Gasteiger charge is -2.20. The molecule has 96 valence electrons. The molecule has 0 radical (unpaired) electrons. The van der Waals surface area contributed by atoms with Crippen LogP contribution in [0.5, 0.6) is 0 Å². The van der Waals surface area contributed by atoms with Crippen molar-refractivity contribution in [2.24, 2.45) is 0 Å². The van der Waals surface area contributed by atoms with Crippen LogP contribution in [0, 0.1) is 6.92 Å². The van der Waals surface area contributed by atoms with E-state index in [0.717, 1.165) is 25.3 Å². The Balaban J connectivity index is 2.39. The topological polar surface area (TPSA) is 41.3 Å². The lowest BCUT2D eigenvalue weighted by Crippen LogP contribution is -2.29. The molecule has 1 aromatic carbocycles. The van der Waals surface area contributed by atoms with Gasteiger partial charge in [0.05, 0.1) is 0 Å². The SMILES string of the molecule is CCCN(CC)CCNc1ccc(N)cc1C. The number of nitrogens with two attached hydrogens (primary N) is 1. The van der Waals surface area contributed by atoms with Gasteiger partial charge in [-0.3, -0.25) is 0 Å². The Bertz CT molecular complexity index is 336. The smallest absolute Gasteiger partial charge is 0.0371 e. The first-order valence-corrected chi connectivity index (χ1v) is 6.49. The van der Waals surface area contributed by atoms with Crippen LogP contribution in [0.1, 0.15) is 25.8 Å². The molecule has 0 atom stereocenters. The van der Waals surface area contributed by atoms with Gasteiger partial charge in [-0.05, 0) is 50.2 Å². The molecule has 1 aromatic rings. The molecule has 0 saturated heterocycles. The second kappa shape index (κ2) is 7.17. The van der Waals surface area contributed by atoms with Gasteiger partial charge in [0, 0.05) is 24.5 Å². The van der Waals surface area contributed by atoms with Crippen molar-refractivity contribution in [3.8, 4) is 0 Å². The number of aryl methyl sites for hydroxylation is 1. The third-order valence-electron chi connectivity index (χ3n) is 2.98. The molecular weight excluding hydrogens is 210 g/mol. The molecule has 0 aliphatic heterocycles. The summed E-state index contributed by atoms with van der Waals surface area (Å²) >= 11 is 0. The Morgan fingerprint density at radius 3 is 2.59 bits per heavy atom. The number of nitrogens with one attached hydrogen (secondary N) is 1. The third-order valence-corrected chi connectivity index (χ3v) is 2.98. The first kappa shape index (κ1) is 13.8. The van der Waals surface area contributed by atoms with Crippen LogP contribution >= 0.6 is 0 Å². The molecule has 0 heterocycles. The Labute approximate surface area is 105 Å². The van der Waals surface area contributed by atoms with Crippen LogP contribution < -0.4 is 11.1 Å². The fraction of sp³-hybridized carbons (Fsp3) is 0.571. The minimum atomic E-state index is 0.828. The molecule has 0 saturated carbocycles. The van der Waals surface area contributed by atoms with Crippen molar-refractivity contribution in [2.75, 3.05) is 37.2 Å². The molecular formula is C14H25N3. The number of hydrogen-bond acceptors (Lipinski definition) is 3. The number of nitrogen functional groups attached to an aromatic ring is 1. The average Bonchev–Trinajstić information content (AvgIpc) is 2.30. The van der Waals surface area contributed by atoms with Gasteiger partial charge >= 0.3 is 0 Å². The van der Waals surface area contributed by atoms with Gasteiger partial charge in [0.1, 0.15) is 0 Å². The summed E-state index contributed by atoms with van der Waals surface area (Å²) in [6, 6.07) is 6.01. The van der Waals surface area contributed by atoms with E-state index in [1.54, 1.807) is 0 Å². The van der Waals surface area contributed by atoms with Gasteiger partial charge in [0.2, 0.25) is 0 Å². The first-order chi connectivity index (χ1) is 8.17.